The summed E-state index contributed by atoms with van der Waals surface area (Å²) in [4.78, 5) is 12.3. The first-order valence-corrected chi connectivity index (χ1v) is 6.78. The van der Waals surface area contributed by atoms with Crippen molar-refractivity contribution in [1.82, 2.24) is 0 Å². The number of halogens is 2. The van der Waals surface area contributed by atoms with E-state index in [4.69, 9.17) is 0 Å². The molecule has 1 aliphatic carbocycles. The van der Waals surface area contributed by atoms with E-state index in [2.05, 4.69) is 22.9 Å². The topological polar surface area (TPSA) is 17.1 Å². The quantitative estimate of drug-likeness (QED) is 0.814. The van der Waals surface area contributed by atoms with Crippen molar-refractivity contribution in [2.75, 3.05) is 0 Å². The zero-order valence-corrected chi connectivity index (χ0v) is 11.5. The SMILES string of the molecule is CC1(C(=O)Cc2ccc(F)cc2Br)CCCC1. The Morgan fingerprint density at radius 1 is 1.41 bits per heavy atom. The molecule has 0 aromatic heterocycles. The minimum Gasteiger partial charge on any atom is -0.299 e. The molecular formula is C14H16BrFO. The molecular weight excluding hydrogens is 283 g/mol. The van der Waals surface area contributed by atoms with Crippen molar-refractivity contribution >= 4 is 21.7 Å². The predicted octanol–water partition coefficient (Wildman–Crippen LogP) is 4.28. The number of benzene rings is 1. The van der Waals surface area contributed by atoms with Crippen LogP contribution in [0.15, 0.2) is 22.7 Å². The van der Waals surface area contributed by atoms with Gasteiger partial charge in [-0.25, -0.2) is 4.39 Å². The number of rotatable bonds is 3. The number of carbonyl (C=O) groups excluding carboxylic acids is 1. The average molecular weight is 299 g/mol. The van der Waals surface area contributed by atoms with E-state index in [9.17, 15) is 9.18 Å². The Balaban J connectivity index is 2.13. The second-order valence-electron chi connectivity index (χ2n) is 5.10. The fourth-order valence-electron chi connectivity index (χ4n) is 2.49. The maximum absolute atomic E-state index is 12.9. The van der Waals surface area contributed by atoms with Gasteiger partial charge in [0.05, 0.1) is 0 Å². The molecule has 0 saturated heterocycles. The molecule has 3 heteroatoms. The number of Topliss-reactive ketones (excluding diaryl/α,β-unsaturated/α-hetero) is 1. The minimum atomic E-state index is -0.278. The van der Waals surface area contributed by atoms with Gasteiger partial charge in [0, 0.05) is 16.3 Å². The molecule has 1 saturated carbocycles. The Labute approximate surface area is 110 Å². The molecule has 0 radical (unpaired) electrons. The molecule has 0 bridgehead atoms. The van der Waals surface area contributed by atoms with Gasteiger partial charge in [-0.15, -0.1) is 0 Å². The summed E-state index contributed by atoms with van der Waals surface area (Å²) in [6.07, 6.45) is 4.67. The van der Waals surface area contributed by atoms with Crippen molar-refractivity contribution < 1.29 is 9.18 Å². The number of hydrogen-bond acceptors (Lipinski definition) is 1. The van der Waals surface area contributed by atoms with Gasteiger partial charge in [-0.2, -0.15) is 0 Å². The van der Waals surface area contributed by atoms with Crippen LogP contribution in [0.2, 0.25) is 0 Å². The predicted molar refractivity (Wildman–Crippen MR) is 69.4 cm³/mol. The third-order valence-corrected chi connectivity index (χ3v) is 4.48. The van der Waals surface area contributed by atoms with Gasteiger partial charge in [0.15, 0.2) is 0 Å². The third-order valence-electron chi connectivity index (χ3n) is 3.75. The van der Waals surface area contributed by atoms with Crippen LogP contribution >= 0.6 is 15.9 Å². The van der Waals surface area contributed by atoms with E-state index in [1.807, 2.05) is 0 Å². The van der Waals surface area contributed by atoms with Crippen LogP contribution in [0.3, 0.4) is 0 Å². The molecule has 0 unspecified atom stereocenters. The normalized spacial score (nSPS) is 18.3. The first-order chi connectivity index (χ1) is 8.01. The van der Waals surface area contributed by atoms with E-state index < -0.39 is 0 Å². The van der Waals surface area contributed by atoms with Crippen LogP contribution in [0.1, 0.15) is 38.2 Å². The lowest BCUT2D eigenvalue weighted by atomic mass is 9.81. The van der Waals surface area contributed by atoms with Gasteiger partial charge in [0.25, 0.3) is 0 Å². The lowest BCUT2D eigenvalue weighted by molar-refractivity contribution is -0.126. The Kier molecular flexibility index (Phi) is 3.67. The lowest BCUT2D eigenvalue weighted by Gasteiger charge is -2.21. The number of ketones is 1. The van der Waals surface area contributed by atoms with E-state index in [-0.39, 0.29) is 17.0 Å². The van der Waals surface area contributed by atoms with Crippen LogP contribution in [0.5, 0.6) is 0 Å². The second kappa shape index (κ2) is 4.89. The summed E-state index contributed by atoms with van der Waals surface area (Å²) < 4.78 is 13.6. The van der Waals surface area contributed by atoms with Crippen LogP contribution in [0.4, 0.5) is 4.39 Å². The molecule has 0 spiro atoms. The van der Waals surface area contributed by atoms with Crippen LogP contribution in [-0.2, 0) is 11.2 Å². The van der Waals surface area contributed by atoms with Crippen molar-refractivity contribution in [3.63, 3.8) is 0 Å². The van der Waals surface area contributed by atoms with Crippen molar-refractivity contribution in [3.05, 3.63) is 34.1 Å². The standard InChI is InChI=1S/C14H16BrFO/c1-14(6-2-3-7-14)13(17)8-10-4-5-11(16)9-12(10)15/h4-5,9H,2-3,6-8H2,1H3. The molecule has 1 fully saturated rings. The summed E-state index contributed by atoms with van der Waals surface area (Å²) in [5, 5.41) is 0. The Morgan fingerprint density at radius 3 is 2.65 bits per heavy atom. The van der Waals surface area contributed by atoms with E-state index in [1.165, 1.54) is 12.1 Å². The number of carbonyl (C=O) groups is 1. The minimum absolute atomic E-state index is 0.159. The highest BCUT2D eigenvalue weighted by Gasteiger charge is 2.35. The van der Waals surface area contributed by atoms with Crippen LogP contribution in [0, 0.1) is 11.2 Å². The Bertz CT molecular complexity index is 436. The molecule has 92 valence electrons. The van der Waals surface area contributed by atoms with Gasteiger partial charge >= 0.3 is 0 Å². The Hall–Kier alpha value is -0.700. The summed E-state index contributed by atoms with van der Waals surface area (Å²) >= 11 is 3.31. The van der Waals surface area contributed by atoms with Gasteiger partial charge in [-0.3, -0.25) is 4.79 Å². The molecule has 1 aliphatic rings. The molecule has 0 amide bonds. The van der Waals surface area contributed by atoms with Gasteiger partial charge in [0.2, 0.25) is 0 Å². The molecule has 1 aromatic carbocycles. The van der Waals surface area contributed by atoms with Gasteiger partial charge in [0.1, 0.15) is 11.6 Å². The van der Waals surface area contributed by atoms with E-state index in [1.54, 1.807) is 6.07 Å². The average Bonchev–Trinajstić information content (AvgIpc) is 2.71. The third kappa shape index (κ3) is 2.76. The van der Waals surface area contributed by atoms with E-state index in [0.717, 1.165) is 31.2 Å². The van der Waals surface area contributed by atoms with Crippen molar-refractivity contribution in [2.45, 2.75) is 39.0 Å². The highest BCUT2D eigenvalue weighted by molar-refractivity contribution is 9.10. The molecule has 0 atom stereocenters. The fourth-order valence-corrected chi connectivity index (χ4v) is 2.98. The zero-order valence-electron chi connectivity index (χ0n) is 9.93. The first kappa shape index (κ1) is 12.7. The lowest BCUT2D eigenvalue weighted by Crippen LogP contribution is -2.26. The summed E-state index contributed by atoms with van der Waals surface area (Å²) in [7, 11) is 0. The molecule has 17 heavy (non-hydrogen) atoms. The highest BCUT2D eigenvalue weighted by Crippen LogP contribution is 2.39. The van der Waals surface area contributed by atoms with E-state index >= 15 is 0 Å². The number of hydrogen-bond donors (Lipinski definition) is 0. The van der Waals surface area contributed by atoms with Crippen molar-refractivity contribution in [1.29, 1.82) is 0 Å². The monoisotopic (exact) mass is 298 g/mol. The summed E-state index contributed by atoms with van der Waals surface area (Å²) in [6, 6.07) is 4.51. The van der Waals surface area contributed by atoms with Crippen molar-refractivity contribution in [3.8, 4) is 0 Å². The first-order valence-electron chi connectivity index (χ1n) is 5.98. The molecule has 0 heterocycles. The summed E-state index contributed by atoms with van der Waals surface area (Å²) in [6.45, 7) is 2.06. The van der Waals surface area contributed by atoms with Crippen LogP contribution in [0.25, 0.3) is 0 Å². The maximum atomic E-state index is 12.9. The second-order valence-corrected chi connectivity index (χ2v) is 5.96. The van der Waals surface area contributed by atoms with Crippen LogP contribution < -0.4 is 0 Å². The highest BCUT2D eigenvalue weighted by atomic mass is 79.9. The zero-order chi connectivity index (χ0) is 12.5. The fraction of sp³-hybridized carbons (Fsp3) is 0.500. The van der Waals surface area contributed by atoms with Crippen LogP contribution in [-0.4, -0.2) is 5.78 Å². The summed E-state index contributed by atoms with van der Waals surface area (Å²) in [5.41, 5.74) is 0.720. The Morgan fingerprint density at radius 2 is 2.06 bits per heavy atom. The van der Waals surface area contributed by atoms with Gasteiger partial charge < -0.3 is 0 Å². The molecule has 0 N–H and O–H groups in total. The smallest absolute Gasteiger partial charge is 0.143 e. The molecule has 0 aliphatic heterocycles. The largest absolute Gasteiger partial charge is 0.299 e. The molecule has 1 aromatic rings. The maximum Gasteiger partial charge on any atom is 0.143 e. The molecule has 1 nitrogen and oxygen atoms in total. The molecule has 2 rings (SSSR count). The van der Waals surface area contributed by atoms with E-state index in [0.29, 0.717) is 10.9 Å². The van der Waals surface area contributed by atoms with Gasteiger partial charge in [-0.1, -0.05) is 41.8 Å². The van der Waals surface area contributed by atoms with Crippen molar-refractivity contribution in [2.24, 2.45) is 5.41 Å². The summed E-state index contributed by atoms with van der Waals surface area (Å²) in [5.74, 6) is 0.00228. The van der Waals surface area contributed by atoms with Gasteiger partial charge in [-0.05, 0) is 30.5 Å².